The molecule has 0 fully saturated rings. The Morgan fingerprint density at radius 2 is 1.86 bits per heavy atom. The molecule has 0 amide bonds. The highest BCUT2D eigenvalue weighted by Gasteiger charge is 2.13. The molecule has 3 N–H and O–H groups in total. The SMILES string of the molecule is C=CN(C)C(=C)c1[nH]ccc1Cc1cc(N)ccc1Cc1cccc(C(C)C)c1. The molecular weight excluding hydrogens is 354 g/mol. The van der Waals surface area contributed by atoms with Gasteiger partial charge in [-0.15, -0.1) is 0 Å². The number of aromatic amines is 1. The average molecular weight is 386 g/mol. The van der Waals surface area contributed by atoms with E-state index in [4.69, 9.17) is 5.73 Å². The molecule has 0 radical (unpaired) electrons. The molecule has 0 unspecified atom stereocenters. The number of hydrogen-bond acceptors (Lipinski definition) is 2. The summed E-state index contributed by atoms with van der Waals surface area (Å²) in [5, 5.41) is 0. The van der Waals surface area contributed by atoms with Gasteiger partial charge in [0.15, 0.2) is 0 Å². The number of H-pyrrole nitrogens is 1. The molecule has 3 heteroatoms. The Morgan fingerprint density at radius 3 is 2.59 bits per heavy atom. The summed E-state index contributed by atoms with van der Waals surface area (Å²) in [6.07, 6.45) is 5.42. The molecule has 0 saturated heterocycles. The van der Waals surface area contributed by atoms with E-state index in [2.05, 4.69) is 74.5 Å². The van der Waals surface area contributed by atoms with Gasteiger partial charge in [-0.2, -0.15) is 0 Å². The van der Waals surface area contributed by atoms with Gasteiger partial charge in [-0.1, -0.05) is 57.3 Å². The normalized spacial score (nSPS) is 10.9. The third-order valence-electron chi connectivity index (χ3n) is 5.45. The van der Waals surface area contributed by atoms with E-state index in [0.717, 1.165) is 29.9 Å². The standard InChI is InChI=1S/C26H31N3/c1-6-29(5)19(4)26-23(12-13-28-26)16-24-17-25(27)11-10-22(24)15-20-8-7-9-21(14-20)18(2)3/h6-14,17-18,28H,1,4,15-16,27H2,2-3,5H3. The summed E-state index contributed by atoms with van der Waals surface area (Å²) in [5.41, 5.74) is 15.3. The van der Waals surface area contributed by atoms with Crippen LogP contribution < -0.4 is 5.73 Å². The van der Waals surface area contributed by atoms with Crippen LogP contribution in [0.4, 0.5) is 5.69 Å². The fraction of sp³-hybridized carbons (Fsp3) is 0.231. The van der Waals surface area contributed by atoms with Crippen molar-refractivity contribution in [2.75, 3.05) is 12.8 Å². The minimum atomic E-state index is 0.524. The molecule has 0 bridgehead atoms. The Balaban J connectivity index is 1.91. The molecule has 3 rings (SSSR count). The molecule has 0 spiro atoms. The first kappa shape index (κ1) is 20.5. The lowest BCUT2D eigenvalue weighted by molar-refractivity contribution is 0.655. The second-order valence-electron chi connectivity index (χ2n) is 7.90. The molecule has 0 aliphatic heterocycles. The van der Waals surface area contributed by atoms with Gasteiger partial charge in [-0.3, -0.25) is 0 Å². The number of benzene rings is 2. The Labute approximate surface area is 174 Å². The number of nitrogens with zero attached hydrogens (tertiary/aromatic N) is 1. The summed E-state index contributed by atoms with van der Waals surface area (Å²) in [5.74, 6) is 0.524. The second kappa shape index (κ2) is 8.87. The summed E-state index contributed by atoms with van der Waals surface area (Å²) in [6, 6.07) is 17.2. The van der Waals surface area contributed by atoms with Crippen molar-refractivity contribution in [2.24, 2.45) is 0 Å². The number of nitrogen functional groups attached to an aromatic ring is 1. The fourth-order valence-electron chi connectivity index (χ4n) is 3.57. The lowest BCUT2D eigenvalue weighted by Gasteiger charge is -2.18. The quantitative estimate of drug-likeness (QED) is 0.471. The zero-order valence-electron chi connectivity index (χ0n) is 17.7. The van der Waals surface area contributed by atoms with Crippen molar-refractivity contribution in [2.45, 2.75) is 32.6 Å². The second-order valence-corrected chi connectivity index (χ2v) is 7.90. The molecule has 0 aliphatic rings. The van der Waals surface area contributed by atoms with Crippen molar-refractivity contribution in [1.82, 2.24) is 9.88 Å². The van der Waals surface area contributed by atoms with Crippen LogP contribution in [0.2, 0.25) is 0 Å². The van der Waals surface area contributed by atoms with Gasteiger partial charge in [0.05, 0.1) is 11.4 Å². The predicted octanol–water partition coefficient (Wildman–Crippen LogP) is 5.95. The summed E-state index contributed by atoms with van der Waals surface area (Å²) in [7, 11) is 1.95. The molecule has 150 valence electrons. The number of nitrogens with one attached hydrogen (secondary N) is 1. The van der Waals surface area contributed by atoms with Gasteiger partial charge < -0.3 is 15.6 Å². The van der Waals surface area contributed by atoms with E-state index in [1.165, 1.54) is 27.8 Å². The number of rotatable bonds is 8. The van der Waals surface area contributed by atoms with Crippen molar-refractivity contribution in [3.05, 3.63) is 108 Å². The van der Waals surface area contributed by atoms with Crippen molar-refractivity contribution in [3.63, 3.8) is 0 Å². The van der Waals surface area contributed by atoms with Crippen molar-refractivity contribution in [3.8, 4) is 0 Å². The van der Waals surface area contributed by atoms with Crippen LogP contribution in [0.25, 0.3) is 5.70 Å². The molecule has 0 aliphatic carbocycles. The van der Waals surface area contributed by atoms with Gasteiger partial charge in [0.25, 0.3) is 0 Å². The van der Waals surface area contributed by atoms with Crippen molar-refractivity contribution in [1.29, 1.82) is 0 Å². The molecule has 0 atom stereocenters. The monoisotopic (exact) mass is 385 g/mol. The zero-order chi connectivity index (χ0) is 21.0. The van der Waals surface area contributed by atoms with Gasteiger partial charge in [-0.05, 0) is 71.0 Å². The lowest BCUT2D eigenvalue weighted by atomic mass is 9.92. The smallest absolute Gasteiger partial charge is 0.0651 e. The minimum absolute atomic E-state index is 0.524. The first-order valence-electron chi connectivity index (χ1n) is 10.1. The summed E-state index contributed by atoms with van der Waals surface area (Å²) in [6.45, 7) is 12.5. The molecule has 1 heterocycles. The molecular formula is C26H31N3. The molecule has 1 aromatic heterocycles. The van der Waals surface area contributed by atoms with E-state index in [0.29, 0.717) is 5.92 Å². The van der Waals surface area contributed by atoms with E-state index in [1.54, 1.807) is 6.20 Å². The van der Waals surface area contributed by atoms with Gasteiger partial charge >= 0.3 is 0 Å². The van der Waals surface area contributed by atoms with Crippen LogP contribution in [0, 0.1) is 0 Å². The van der Waals surface area contributed by atoms with Crippen molar-refractivity contribution < 1.29 is 0 Å². The number of nitrogens with two attached hydrogens (primary N) is 1. The largest absolute Gasteiger partial charge is 0.399 e. The van der Waals surface area contributed by atoms with E-state index in [-0.39, 0.29) is 0 Å². The van der Waals surface area contributed by atoms with Gasteiger partial charge in [0.2, 0.25) is 0 Å². The van der Waals surface area contributed by atoms with Crippen LogP contribution in [0.5, 0.6) is 0 Å². The van der Waals surface area contributed by atoms with Crippen LogP contribution in [0.3, 0.4) is 0 Å². The third kappa shape index (κ3) is 4.80. The fourth-order valence-corrected chi connectivity index (χ4v) is 3.57. The maximum absolute atomic E-state index is 6.13. The highest BCUT2D eigenvalue weighted by molar-refractivity contribution is 5.63. The number of hydrogen-bond donors (Lipinski definition) is 2. The molecule has 29 heavy (non-hydrogen) atoms. The molecule has 2 aromatic carbocycles. The molecule has 3 aromatic rings. The first-order valence-corrected chi connectivity index (χ1v) is 10.1. The minimum Gasteiger partial charge on any atom is -0.399 e. The van der Waals surface area contributed by atoms with Crippen LogP contribution >= 0.6 is 0 Å². The lowest BCUT2D eigenvalue weighted by Crippen LogP contribution is -2.09. The molecule has 3 nitrogen and oxygen atoms in total. The van der Waals surface area contributed by atoms with E-state index in [9.17, 15) is 0 Å². The first-order chi connectivity index (χ1) is 13.9. The maximum atomic E-state index is 6.13. The van der Waals surface area contributed by atoms with Crippen LogP contribution in [-0.4, -0.2) is 16.9 Å². The Morgan fingerprint density at radius 1 is 1.07 bits per heavy atom. The van der Waals surface area contributed by atoms with Gasteiger partial charge in [-0.25, -0.2) is 0 Å². The van der Waals surface area contributed by atoms with Crippen molar-refractivity contribution >= 4 is 11.4 Å². The van der Waals surface area contributed by atoms with Gasteiger partial charge in [0.1, 0.15) is 0 Å². The summed E-state index contributed by atoms with van der Waals surface area (Å²) < 4.78 is 0. The van der Waals surface area contributed by atoms with E-state index in [1.807, 2.05) is 24.2 Å². The van der Waals surface area contributed by atoms with Crippen LogP contribution in [0.15, 0.2) is 74.1 Å². The highest BCUT2D eigenvalue weighted by atomic mass is 15.1. The van der Waals surface area contributed by atoms with Gasteiger partial charge in [0, 0.05) is 18.9 Å². The third-order valence-corrected chi connectivity index (χ3v) is 5.45. The Kier molecular flexibility index (Phi) is 6.28. The summed E-state index contributed by atoms with van der Waals surface area (Å²) in [4.78, 5) is 5.25. The number of aromatic nitrogens is 1. The van der Waals surface area contributed by atoms with Crippen LogP contribution in [-0.2, 0) is 12.8 Å². The average Bonchev–Trinajstić information content (AvgIpc) is 3.17. The molecule has 0 saturated carbocycles. The highest BCUT2D eigenvalue weighted by Crippen LogP contribution is 2.26. The Bertz CT molecular complexity index is 1010. The summed E-state index contributed by atoms with van der Waals surface area (Å²) >= 11 is 0. The number of anilines is 1. The topological polar surface area (TPSA) is 45.0 Å². The van der Waals surface area contributed by atoms with E-state index >= 15 is 0 Å². The van der Waals surface area contributed by atoms with Crippen LogP contribution in [0.1, 0.15) is 53.3 Å². The van der Waals surface area contributed by atoms with E-state index < -0.39 is 0 Å². The maximum Gasteiger partial charge on any atom is 0.0651 e. The predicted molar refractivity (Wildman–Crippen MR) is 125 cm³/mol. The Hall–Kier alpha value is -3.20. The zero-order valence-corrected chi connectivity index (χ0v) is 17.7.